The van der Waals surface area contributed by atoms with Crippen molar-refractivity contribution in [2.75, 3.05) is 6.54 Å². The van der Waals surface area contributed by atoms with Gasteiger partial charge in [0.15, 0.2) is 0 Å². The number of aromatic nitrogens is 1. The van der Waals surface area contributed by atoms with E-state index in [0.717, 1.165) is 17.3 Å². The Bertz CT molecular complexity index is 524. The van der Waals surface area contributed by atoms with E-state index >= 15 is 0 Å². The number of carboxylic acids is 1. The van der Waals surface area contributed by atoms with Crippen LogP contribution in [0, 0.1) is 0 Å². The van der Waals surface area contributed by atoms with E-state index in [1.165, 1.54) is 0 Å². The van der Waals surface area contributed by atoms with E-state index < -0.39 is 5.97 Å². The largest absolute Gasteiger partial charge is 0.481 e. The minimum Gasteiger partial charge on any atom is -0.481 e. The van der Waals surface area contributed by atoms with E-state index in [-0.39, 0.29) is 24.4 Å². The van der Waals surface area contributed by atoms with Crippen LogP contribution in [0.4, 0.5) is 0 Å². The maximum Gasteiger partial charge on any atom is 0.305 e. The Balaban J connectivity index is 2.24. The van der Waals surface area contributed by atoms with E-state index in [4.69, 9.17) is 5.11 Å². The Kier molecular flexibility index (Phi) is 4.52. The predicted octanol–water partition coefficient (Wildman–Crippen LogP) is 2.91. The van der Waals surface area contributed by atoms with Gasteiger partial charge in [0.2, 0.25) is 0 Å². The average Bonchev–Trinajstić information content (AvgIpc) is 2.94. The highest BCUT2D eigenvalue weighted by Crippen LogP contribution is 2.26. The maximum atomic E-state index is 12.7. The second-order valence-electron chi connectivity index (χ2n) is 5.44. The molecule has 0 saturated carbocycles. The van der Waals surface area contributed by atoms with Crippen LogP contribution >= 0.6 is 15.9 Å². The number of hydrogen-bond donors (Lipinski definition) is 1. The minimum absolute atomic E-state index is 0.0231. The molecule has 1 unspecified atom stereocenters. The van der Waals surface area contributed by atoms with E-state index in [1.54, 1.807) is 11.0 Å². The molecule has 1 aromatic heterocycles. The molecule has 110 valence electrons. The quantitative estimate of drug-likeness (QED) is 0.914. The fourth-order valence-corrected chi connectivity index (χ4v) is 3.15. The Labute approximate surface area is 126 Å². The molecule has 1 saturated heterocycles. The van der Waals surface area contributed by atoms with Crippen LogP contribution in [0.5, 0.6) is 0 Å². The van der Waals surface area contributed by atoms with Crippen LogP contribution < -0.4 is 0 Å². The van der Waals surface area contributed by atoms with Crippen molar-refractivity contribution in [3.63, 3.8) is 0 Å². The average molecular weight is 343 g/mol. The lowest BCUT2D eigenvalue weighted by atomic mass is 10.1. The van der Waals surface area contributed by atoms with Crippen molar-refractivity contribution < 1.29 is 14.7 Å². The van der Waals surface area contributed by atoms with Crippen LogP contribution in [0.15, 0.2) is 16.7 Å². The summed E-state index contributed by atoms with van der Waals surface area (Å²) >= 11 is 3.40. The van der Waals surface area contributed by atoms with Gasteiger partial charge in [0, 0.05) is 29.3 Å². The molecule has 1 fully saturated rings. The Hall–Kier alpha value is -1.30. The topological polar surface area (TPSA) is 62.5 Å². The van der Waals surface area contributed by atoms with Crippen LogP contribution in [0.2, 0.25) is 0 Å². The monoisotopic (exact) mass is 342 g/mol. The first-order valence-corrected chi connectivity index (χ1v) is 7.59. The van der Waals surface area contributed by atoms with Crippen molar-refractivity contribution in [2.45, 2.75) is 45.2 Å². The van der Waals surface area contributed by atoms with Gasteiger partial charge in [-0.1, -0.05) is 0 Å². The molecule has 1 aromatic rings. The van der Waals surface area contributed by atoms with E-state index in [2.05, 4.69) is 15.9 Å². The van der Waals surface area contributed by atoms with Gasteiger partial charge in [-0.2, -0.15) is 0 Å². The smallest absolute Gasteiger partial charge is 0.305 e. The lowest BCUT2D eigenvalue weighted by Crippen LogP contribution is -2.38. The summed E-state index contributed by atoms with van der Waals surface area (Å²) in [7, 11) is 0. The summed E-state index contributed by atoms with van der Waals surface area (Å²) in [5.74, 6) is -0.928. The van der Waals surface area contributed by atoms with Gasteiger partial charge in [-0.3, -0.25) is 9.59 Å². The number of likely N-dealkylation sites (tertiary alicyclic amines) is 1. The number of hydrogen-bond acceptors (Lipinski definition) is 2. The number of aliphatic carboxylic acids is 1. The molecule has 1 aliphatic rings. The summed E-state index contributed by atoms with van der Waals surface area (Å²) in [6.07, 6.45) is 3.55. The number of carbonyl (C=O) groups is 2. The van der Waals surface area contributed by atoms with Crippen molar-refractivity contribution in [3.8, 4) is 0 Å². The van der Waals surface area contributed by atoms with E-state index in [0.29, 0.717) is 12.2 Å². The first kappa shape index (κ1) is 15.1. The highest BCUT2D eigenvalue weighted by Gasteiger charge is 2.32. The van der Waals surface area contributed by atoms with Crippen molar-refractivity contribution >= 4 is 27.8 Å². The fraction of sp³-hybridized carbons (Fsp3) is 0.571. The third-order valence-corrected chi connectivity index (χ3v) is 4.07. The number of carboxylic acid groups (broad SMARTS) is 1. The fourth-order valence-electron chi connectivity index (χ4n) is 2.71. The van der Waals surface area contributed by atoms with Gasteiger partial charge in [-0.05, 0) is 48.7 Å². The molecule has 20 heavy (non-hydrogen) atoms. The van der Waals surface area contributed by atoms with Gasteiger partial charge in [-0.15, -0.1) is 0 Å². The van der Waals surface area contributed by atoms with E-state index in [9.17, 15) is 9.59 Å². The zero-order valence-electron chi connectivity index (χ0n) is 11.7. The van der Waals surface area contributed by atoms with Gasteiger partial charge < -0.3 is 14.6 Å². The summed E-state index contributed by atoms with van der Waals surface area (Å²) in [6.45, 7) is 4.67. The summed E-state index contributed by atoms with van der Waals surface area (Å²) in [5, 5.41) is 8.94. The van der Waals surface area contributed by atoms with Crippen LogP contribution in [0.3, 0.4) is 0 Å². The molecule has 1 N–H and O–H groups in total. The normalized spacial score (nSPS) is 18.8. The first-order valence-electron chi connectivity index (χ1n) is 6.80. The number of rotatable bonds is 4. The Morgan fingerprint density at radius 3 is 2.80 bits per heavy atom. The molecule has 0 spiro atoms. The number of carbonyl (C=O) groups excluding carboxylic acids is 1. The van der Waals surface area contributed by atoms with Crippen molar-refractivity contribution in [3.05, 3.63) is 22.4 Å². The summed E-state index contributed by atoms with van der Waals surface area (Å²) < 4.78 is 2.78. The zero-order valence-corrected chi connectivity index (χ0v) is 13.3. The van der Waals surface area contributed by atoms with Crippen molar-refractivity contribution in [2.24, 2.45) is 0 Å². The van der Waals surface area contributed by atoms with Gasteiger partial charge in [0.25, 0.3) is 5.91 Å². The molecule has 1 atom stereocenters. The third kappa shape index (κ3) is 3.06. The van der Waals surface area contributed by atoms with Crippen LogP contribution in [0.1, 0.15) is 49.6 Å². The first-order chi connectivity index (χ1) is 9.40. The lowest BCUT2D eigenvalue weighted by molar-refractivity contribution is -0.137. The molecule has 1 amide bonds. The molecular weight excluding hydrogens is 324 g/mol. The molecule has 0 radical (unpaired) electrons. The van der Waals surface area contributed by atoms with Crippen LogP contribution in [0.25, 0.3) is 0 Å². The predicted molar refractivity (Wildman–Crippen MR) is 78.8 cm³/mol. The number of nitrogens with zero attached hydrogens (tertiary/aromatic N) is 2. The van der Waals surface area contributed by atoms with Crippen molar-refractivity contribution in [1.29, 1.82) is 0 Å². The second-order valence-corrected chi connectivity index (χ2v) is 6.35. The highest BCUT2D eigenvalue weighted by molar-refractivity contribution is 9.10. The molecule has 2 heterocycles. The standard InChI is InChI=1S/C14H19BrN2O3/c1-9(2)17-8-10(15)6-12(17)14(20)16-5-3-4-11(16)7-13(18)19/h6,8-9,11H,3-5,7H2,1-2H3,(H,18,19). The SMILES string of the molecule is CC(C)n1cc(Br)cc1C(=O)N1CCCC1CC(=O)O. The summed E-state index contributed by atoms with van der Waals surface area (Å²) in [6, 6.07) is 1.80. The molecule has 2 rings (SSSR count). The lowest BCUT2D eigenvalue weighted by Gasteiger charge is -2.24. The van der Waals surface area contributed by atoms with Crippen molar-refractivity contribution in [1.82, 2.24) is 9.47 Å². The summed E-state index contributed by atoms with van der Waals surface area (Å²) in [4.78, 5) is 25.3. The van der Waals surface area contributed by atoms with Gasteiger partial charge >= 0.3 is 5.97 Å². The molecule has 0 aromatic carbocycles. The molecule has 0 aliphatic carbocycles. The maximum absolute atomic E-state index is 12.7. The molecule has 0 bridgehead atoms. The van der Waals surface area contributed by atoms with E-state index in [1.807, 2.05) is 24.6 Å². The summed E-state index contributed by atoms with van der Waals surface area (Å²) in [5.41, 5.74) is 0.615. The Morgan fingerprint density at radius 1 is 1.50 bits per heavy atom. The molecule has 5 nitrogen and oxygen atoms in total. The Morgan fingerprint density at radius 2 is 2.20 bits per heavy atom. The van der Waals surface area contributed by atoms with Crippen LogP contribution in [-0.2, 0) is 4.79 Å². The zero-order chi connectivity index (χ0) is 14.9. The number of halogens is 1. The second kappa shape index (κ2) is 5.99. The third-order valence-electron chi connectivity index (χ3n) is 3.64. The number of amides is 1. The minimum atomic E-state index is -0.852. The molecular formula is C14H19BrN2O3. The van der Waals surface area contributed by atoms with Gasteiger partial charge in [0.1, 0.15) is 5.69 Å². The highest BCUT2D eigenvalue weighted by atomic mass is 79.9. The molecule has 6 heteroatoms. The van der Waals surface area contributed by atoms with Gasteiger partial charge in [0.05, 0.1) is 6.42 Å². The van der Waals surface area contributed by atoms with Crippen LogP contribution in [-0.4, -0.2) is 39.0 Å². The van der Waals surface area contributed by atoms with Gasteiger partial charge in [-0.25, -0.2) is 0 Å². The molecule has 1 aliphatic heterocycles.